The zero-order valence-corrected chi connectivity index (χ0v) is 11.0. The summed E-state index contributed by atoms with van der Waals surface area (Å²) in [5.41, 5.74) is 0. The minimum absolute atomic E-state index is 0.0181. The summed E-state index contributed by atoms with van der Waals surface area (Å²) in [6, 6.07) is 5.52. The number of nitrogens with one attached hydrogen (secondary N) is 2. The average Bonchev–Trinajstić information content (AvgIpc) is 2.23. The molecule has 0 spiro atoms. The van der Waals surface area contributed by atoms with E-state index in [1.165, 1.54) is 0 Å². The number of carbonyl (C=O) groups excluding carboxylic acids is 1. The molecule has 16 heavy (non-hydrogen) atoms. The molecule has 0 bridgehead atoms. The van der Waals surface area contributed by atoms with Gasteiger partial charge < -0.3 is 10.6 Å². The van der Waals surface area contributed by atoms with Crippen molar-refractivity contribution in [3.8, 4) is 0 Å². The summed E-state index contributed by atoms with van der Waals surface area (Å²) < 4.78 is 0.750. The van der Waals surface area contributed by atoms with E-state index in [1.807, 2.05) is 18.2 Å². The third kappa shape index (κ3) is 5.11. The molecule has 1 aromatic rings. The van der Waals surface area contributed by atoms with Crippen molar-refractivity contribution in [1.29, 1.82) is 0 Å². The molecular formula is C11H16BrN3O. The Labute approximate surface area is 104 Å². The van der Waals surface area contributed by atoms with Crippen molar-refractivity contribution in [1.82, 2.24) is 10.3 Å². The van der Waals surface area contributed by atoms with Crippen LogP contribution in [0.25, 0.3) is 0 Å². The molecule has 0 saturated heterocycles. The summed E-state index contributed by atoms with van der Waals surface area (Å²) in [6.07, 6.45) is 0. The Morgan fingerprint density at radius 1 is 1.50 bits per heavy atom. The maximum atomic E-state index is 11.4. The molecule has 2 N–H and O–H groups in total. The Balaban J connectivity index is 2.31. The summed E-state index contributed by atoms with van der Waals surface area (Å²) in [7, 11) is 0. The highest BCUT2D eigenvalue weighted by atomic mass is 79.9. The molecule has 0 aliphatic rings. The Bertz CT molecular complexity index is 355. The lowest BCUT2D eigenvalue weighted by Crippen LogP contribution is -2.32. The Kier molecular flexibility index (Phi) is 5.25. The van der Waals surface area contributed by atoms with Crippen LogP contribution in [0.1, 0.15) is 13.8 Å². The van der Waals surface area contributed by atoms with Crippen LogP contribution in [0.2, 0.25) is 0 Å². The molecule has 0 saturated carbocycles. The molecule has 88 valence electrons. The molecule has 0 aromatic carbocycles. The van der Waals surface area contributed by atoms with E-state index < -0.39 is 0 Å². The Morgan fingerprint density at radius 2 is 2.25 bits per heavy atom. The topological polar surface area (TPSA) is 54.0 Å². The van der Waals surface area contributed by atoms with Gasteiger partial charge in [-0.1, -0.05) is 19.9 Å². The smallest absolute Gasteiger partial charge is 0.239 e. The van der Waals surface area contributed by atoms with Gasteiger partial charge in [-0.3, -0.25) is 4.79 Å². The van der Waals surface area contributed by atoms with Gasteiger partial charge in [-0.2, -0.15) is 0 Å². The average molecular weight is 286 g/mol. The molecule has 1 heterocycles. The second kappa shape index (κ2) is 6.48. The van der Waals surface area contributed by atoms with Gasteiger partial charge in [0.2, 0.25) is 5.91 Å². The van der Waals surface area contributed by atoms with Gasteiger partial charge in [0.05, 0.1) is 6.54 Å². The van der Waals surface area contributed by atoms with E-state index in [-0.39, 0.29) is 12.5 Å². The number of amides is 1. The Hall–Kier alpha value is -1.10. The van der Waals surface area contributed by atoms with Crippen LogP contribution in [-0.2, 0) is 4.79 Å². The minimum Gasteiger partial charge on any atom is -0.361 e. The van der Waals surface area contributed by atoms with Crippen LogP contribution in [0.15, 0.2) is 22.8 Å². The zero-order valence-electron chi connectivity index (χ0n) is 9.46. The maximum Gasteiger partial charge on any atom is 0.239 e. The van der Waals surface area contributed by atoms with Gasteiger partial charge in [0.15, 0.2) is 0 Å². The number of halogens is 1. The SMILES string of the molecule is CC(C)CNC(=O)CNc1cccc(Br)n1. The fourth-order valence-electron chi connectivity index (χ4n) is 1.06. The molecule has 1 amide bonds. The van der Waals surface area contributed by atoms with Crippen molar-refractivity contribution >= 4 is 27.7 Å². The van der Waals surface area contributed by atoms with Crippen molar-refractivity contribution in [2.45, 2.75) is 13.8 Å². The number of carbonyl (C=O) groups is 1. The summed E-state index contributed by atoms with van der Waals surface area (Å²) in [5.74, 6) is 1.14. The lowest BCUT2D eigenvalue weighted by atomic mass is 10.2. The van der Waals surface area contributed by atoms with E-state index in [0.717, 1.165) is 4.60 Å². The second-order valence-electron chi connectivity index (χ2n) is 3.90. The molecule has 5 heteroatoms. The van der Waals surface area contributed by atoms with Crippen LogP contribution in [0.3, 0.4) is 0 Å². The lowest BCUT2D eigenvalue weighted by molar-refractivity contribution is -0.119. The van der Waals surface area contributed by atoms with Gasteiger partial charge in [-0.05, 0) is 34.0 Å². The minimum atomic E-state index is -0.0181. The maximum absolute atomic E-state index is 11.4. The summed E-state index contributed by atoms with van der Waals surface area (Å²) >= 11 is 3.27. The highest BCUT2D eigenvalue weighted by molar-refractivity contribution is 9.10. The fourth-order valence-corrected chi connectivity index (χ4v) is 1.40. The van der Waals surface area contributed by atoms with Gasteiger partial charge in [-0.15, -0.1) is 0 Å². The standard InChI is InChI=1S/C11H16BrN3O/c1-8(2)6-14-11(16)7-13-10-5-3-4-9(12)15-10/h3-5,8H,6-7H2,1-2H3,(H,13,15)(H,14,16). The number of nitrogens with zero attached hydrogens (tertiary/aromatic N) is 1. The molecular weight excluding hydrogens is 270 g/mol. The summed E-state index contributed by atoms with van der Waals surface area (Å²) in [4.78, 5) is 15.6. The van der Waals surface area contributed by atoms with E-state index in [9.17, 15) is 4.79 Å². The first-order chi connectivity index (χ1) is 7.58. The molecule has 0 atom stereocenters. The highest BCUT2D eigenvalue weighted by Gasteiger charge is 2.02. The molecule has 1 rings (SSSR count). The van der Waals surface area contributed by atoms with Crippen LogP contribution in [0.4, 0.5) is 5.82 Å². The predicted octanol–water partition coefficient (Wildman–Crippen LogP) is 2.03. The second-order valence-corrected chi connectivity index (χ2v) is 4.71. The number of anilines is 1. The predicted molar refractivity (Wildman–Crippen MR) is 68.3 cm³/mol. The lowest BCUT2D eigenvalue weighted by Gasteiger charge is -2.08. The van der Waals surface area contributed by atoms with Gasteiger partial charge in [-0.25, -0.2) is 4.98 Å². The van der Waals surface area contributed by atoms with Crippen molar-refractivity contribution in [3.05, 3.63) is 22.8 Å². The van der Waals surface area contributed by atoms with Gasteiger partial charge in [0.1, 0.15) is 10.4 Å². The first kappa shape index (κ1) is 13.0. The first-order valence-corrected chi connectivity index (χ1v) is 6.00. The van der Waals surface area contributed by atoms with Crippen molar-refractivity contribution in [2.75, 3.05) is 18.4 Å². The summed E-state index contributed by atoms with van der Waals surface area (Å²) in [6.45, 7) is 5.07. The fraction of sp³-hybridized carbons (Fsp3) is 0.455. The van der Waals surface area contributed by atoms with Crippen molar-refractivity contribution in [3.63, 3.8) is 0 Å². The number of aromatic nitrogens is 1. The molecule has 0 aliphatic heterocycles. The van der Waals surface area contributed by atoms with Crippen LogP contribution < -0.4 is 10.6 Å². The van der Waals surface area contributed by atoms with E-state index in [1.54, 1.807) is 0 Å². The normalized spacial score (nSPS) is 10.2. The largest absolute Gasteiger partial charge is 0.361 e. The molecule has 0 radical (unpaired) electrons. The quantitative estimate of drug-likeness (QED) is 0.814. The molecule has 0 unspecified atom stereocenters. The summed E-state index contributed by atoms with van der Waals surface area (Å²) in [5, 5.41) is 5.78. The van der Waals surface area contributed by atoms with Crippen molar-refractivity contribution < 1.29 is 4.79 Å². The third-order valence-electron chi connectivity index (χ3n) is 1.85. The number of hydrogen-bond donors (Lipinski definition) is 2. The number of hydrogen-bond acceptors (Lipinski definition) is 3. The van der Waals surface area contributed by atoms with Gasteiger partial charge in [0.25, 0.3) is 0 Å². The van der Waals surface area contributed by atoms with E-state index in [4.69, 9.17) is 0 Å². The molecule has 0 fully saturated rings. The number of pyridine rings is 1. The molecule has 0 aliphatic carbocycles. The highest BCUT2D eigenvalue weighted by Crippen LogP contribution is 2.09. The Morgan fingerprint density at radius 3 is 2.88 bits per heavy atom. The molecule has 4 nitrogen and oxygen atoms in total. The van der Waals surface area contributed by atoms with Crippen LogP contribution in [-0.4, -0.2) is 24.0 Å². The van der Waals surface area contributed by atoms with E-state index >= 15 is 0 Å². The van der Waals surface area contributed by atoms with E-state index in [0.29, 0.717) is 18.3 Å². The zero-order chi connectivity index (χ0) is 12.0. The molecule has 1 aromatic heterocycles. The number of rotatable bonds is 5. The van der Waals surface area contributed by atoms with E-state index in [2.05, 4.69) is 45.4 Å². The van der Waals surface area contributed by atoms with Gasteiger partial charge >= 0.3 is 0 Å². The van der Waals surface area contributed by atoms with Crippen LogP contribution in [0, 0.1) is 5.92 Å². The third-order valence-corrected chi connectivity index (χ3v) is 2.29. The van der Waals surface area contributed by atoms with Crippen LogP contribution in [0.5, 0.6) is 0 Å². The van der Waals surface area contributed by atoms with Gasteiger partial charge in [0, 0.05) is 6.54 Å². The van der Waals surface area contributed by atoms with Crippen molar-refractivity contribution in [2.24, 2.45) is 5.92 Å². The van der Waals surface area contributed by atoms with Crippen LogP contribution >= 0.6 is 15.9 Å². The monoisotopic (exact) mass is 285 g/mol. The first-order valence-electron chi connectivity index (χ1n) is 5.21.